The second-order valence-corrected chi connectivity index (χ2v) is 5.47. The number of fused-ring (bicyclic) bond motifs is 1. The van der Waals surface area contributed by atoms with Crippen LogP contribution in [0.1, 0.15) is 58.3 Å². The zero-order chi connectivity index (χ0) is 14.0. The summed E-state index contributed by atoms with van der Waals surface area (Å²) in [5.74, 6) is 1.70. The summed E-state index contributed by atoms with van der Waals surface area (Å²) in [4.78, 5) is 0. The van der Waals surface area contributed by atoms with Gasteiger partial charge in [-0.1, -0.05) is 51.9 Å². The largest absolute Gasteiger partial charge is 0.454 e. The highest BCUT2D eigenvalue weighted by Crippen LogP contribution is 2.34. The number of hydrogen-bond acceptors (Lipinski definition) is 3. The molecule has 0 fully saturated rings. The lowest BCUT2D eigenvalue weighted by molar-refractivity contribution is 0.174. The highest BCUT2D eigenvalue weighted by molar-refractivity contribution is 5.55. The minimum atomic E-state index is 0.344. The van der Waals surface area contributed by atoms with Crippen LogP contribution in [-0.4, -0.2) is 13.3 Å². The topological polar surface area (TPSA) is 30.5 Å². The first-order valence-corrected chi connectivity index (χ1v) is 8.03. The van der Waals surface area contributed by atoms with Gasteiger partial charge in [-0.15, -0.1) is 0 Å². The van der Waals surface area contributed by atoms with E-state index in [0.29, 0.717) is 6.79 Å². The van der Waals surface area contributed by atoms with Crippen molar-refractivity contribution in [1.82, 2.24) is 0 Å². The van der Waals surface area contributed by atoms with Gasteiger partial charge in [0.1, 0.15) is 0 Å². The van der Waals surface area contributed by atoms with Gasteiger partial charge in [0.2, 0.25) is 6.79 Å². The predicted molar refractivity (Wildman–Crippen MR) is 83.7 cm³/mol. The lowest BCUT2D eigenvalue weighted by atomic mass is 10.1. The van der Waals surface area contributed by atoms with Crippen LogP contribution in [-0.2, 0) is 0 Å². The lowest BCUT2D eigenvalue weighted by Gasteiger charge is -2.07. The predicted octanol–water partition coefficient (Wildman–Crippen LogP) is 4.97. The molecule has 1 N–H and O–H groups in total. The van der Waals surface area contributed by atoms with E-state index in [1.165, 1.54) is 51.4 Å². The van der Waals surface area contributed by atoms with Crippen LogP contribution in [0.4, 0.5) is 5.69 Å². The van der Waals surface area contributed by atoms with Crippen LogP contribution in [0.15, 0.2) is 18.2 Å². The number of ether oxygens (including phenoxy) is 2. The van der Waals surface area contributed by atoms with E-state index in [9.17, 15) is 0 Å². The minimum absolute atomic E-state index is 0.344. The second kappa shape index (κ2) is 8.72. The van der Waals surface area contributed by atoms with Crippen molar-refractivity contribution in [1.29, 1.82) is 0 Å². The molecule has 0 unspecified atom stereocenters. The van der Waals surface area contributed by atoms with Gasteiger partial charge < -0.3 is 14.8 Å². The lowest BCUT2D eigenvalue weighted by Crippen LogP contribution is -2.01. The summed E-state index contributed by atoms with van der Waals surface area (Å²) < 4.78 is 10.7. The number of nitrogens with one attached hydrogen (secondary N) is 1. The third kappa shape index (κ3) is 4.95. The Labute approximate surface area is 122 Å². The standard InChI is InChI=1S/C17H27NO2/c1-2-3-4-5-6-7-8-9-12-18-15-10-11-16-17(13-15)20-14-19-16/h10-11,13,18H,2-9,12,14H2,1H3. The number of anilines is 1. The average Bonchev–Trinajstić information content (AvgIpc) is 2.93. The fourth-order valence-corrected chi connectivity index (χ4v) is 2.50. The van der Waals surface area contributed by atoms with E-state index < -0.39 is 0 Å². The molecular weight excluding hydrogens is 250 g/mol. The summed E-state index contributed by atoms with van der Waals surface area (Å²) >= 11 is 0. The molecule has 1 aliphatic rings. The van der Waals surface area contributed by atoms with E-state index in [4.69, 9.17) is 9.47 Å². The monoisotopic (exact) mass is 277 g/mol. The first-order valence-electron chi connectivity index (χ1n) is 8.03. The first kappa shape index (κ1) is 15.0. The smallest absolute Gasteiger partial charge is 0.231 e. The molecule has 0 aromatic heterocycles. The van der Waals surface area contributed by atoms with Crippen molar-refractivity contribution in [2.24, 2.45) is 0 Å². The molecule has 3 heteroatoms. The molecule has 1 aromatic rings. The molecule has 1 aromatic carbocycles. The van der Waals surface area contributed by atoms with Crippen molar-refractivity contribution < 1.29 is 9.47 Å². The van der Waals surface area contributed by atoms with E-state index in [1.54, 1.807) is 0 Å². The Morgan fingerprint density at radius 1 is 0.900 bits per heavy atom. The summed E-state index contributed by atoms with van der Waals surface area (Å²) in [6.07, 6.45) is 10.9. The van der Waals surface area contributed by atoms with Gasteiger partial charge in [-0.3, -0.25) is 0 Å². The van der Waals surface area contributed by atoms with Gasteiger partial charge in [-0.05, 0) is 18.6 Å². The van der Waals surface area contributed by atoms with Gasteiger partial charge in [0.15, 0.2) is 11.5 Å². The Bertz CT molecular complexity index is 393. The Hall–Kier alpha value is -1.38. The van der Waals surface area contributed by atoms with E-state index in [1.807, 2.05) is 12.1 Å². The molecule has 20 heavy (non-hydrogen) atoms. The molecule has 0 radical (unpaired) electrons. The normalized spacial score (nSPS) is 12.7. The third-order valence-corrected chi connectivity index (χ3v) is 3.73. The van der Waals surface area contributed by atoms with Crippen LogP contribution in [0.25, 0.3) is 0 Å². The van der Waals surface area contributed by atoms with Crippen LogP contribution < -0.4 is 14.8 Å². The van der Waals surface area contributed by atoms with Gasteiger partial charge in [0.05, 0.1) is 0 Å². The van der Waals surface area contributed by atoms with Gasteiger partial charge in [0, 0.05) is 18.3 Å². The van der Waals surface area contributed by atoms with Gasteiger partial charge in [0.25, 0.3) is 0 Å². The zero-order valence-electron chi connectivity index (χ0n) is 12.6. The van der Waals surface area contributed by atoms with Gasteiger partial charge >= 0.3 is 0 Å². The number of benzene rings is 1. The maximum atomic E-state index is 5.37. The van der Waals surface area contributed by atoms with Crippen LogP contribution in [0.3, 0.4) is 0 Å². The Morgan fingerprint density at radius 3 is 2.40 bits per heavy atom. The number of rotatable bonds is 10. The van der Waals surface area contributed by atoms with Crippen molar-refractivity contribution in [2.45, 2.75) is 58.3 Å². The molecule has 0 atom stereocenters. The van der Waals surface area contributed by atoms with E-state index >= 15 is 0 Å². The Kier molecular flexibility index (Phi) is 6.55. The van der Waals surface area contributed by atoms with E-state index in [-0.39, 0.29) is 0 Å². The fourth-order valence-electron chi connectivity index (χ4n) is 2.50. The highest BCUT2D eigenvalue weighted by atomic mass is 16.7. The molecule has 3 nitrogen and oxygen atoms in total. The van der Waals surface area contributed by atoms with Gasteiger partial charge in [-0.2, -0.15) is 0 Å². The van der Waals surface area contributed by atoms with Crippen LogP contribution in [0.2, 0.25) is 0 Å². The summed E-state index contributed by atoms with van der Waals surface area (Å²) in [5, 5.41) is 3.45. The molecule has 1 aliphatic heterocycles. The highest BCUT2D eigenvalue weighted by Gasteiger charge is 2.12. The summed E-state index contributed by atoms with van der Waals surface area (Å²) in [6, 6.07) is 6.05. The second-order valence-electron chi connectivity index (χ2n) is 5.47. The molecule has 0 aliphatic carbocycles. The fraction of sp³-hybridized carbons (Fsp3) is 0.647. The zero-order valence-corrected chi connectivity index (χ0v) is 12.6. The maximum Gasteiger partial charge on any atom is 0.231 e. The van der Waals surface area contributed by atoms with Crippen molar-refractivity contribution >= 4 is 5.69 Å². The Balaban J connectivity index is 1.51. The number of hydrogen-bond donors (Lipinski definition) is 1. The van der Waals surface area contributed by atoms with Crippen LogP contribution in [0, 0.1) is 0 Å². The van der Waals surface area contributed by atoms with Crippen molar-refractivity contribution in [3.63, 3.8) is 0 Å². The molecule has 0 spiro atoms. The van der Waals surface area contributed by atoms with Crippen molar-refractivity contribution in [2.75, 3.05) is 18.7 Å². The summed E-state index contributed by atoms with van der Waals surface area (Å²) in [5.41, 5.74) is 1.12. The molecule has 0 amide bonds. The van der Waals surface area contributed by atoms with E-state index in [2.05, 4.69) is 18.3 Å². The third-order valence-electron chi connectivity index (χ3n) is 3.73. The van der Waals surface area contributed by atoms with Crippen molar-refractivity contribution in [3.05, 3.63) is 18.2 Å². The molecule has 1 heterocycles. The minimum Gasteiger partial charge on any atom is -0.454 e. The van der Waals surface area contributed by atoms with Crippen molar-refractivity contribution in [3.8, 4) is 11.5 Å². The molecule has 0 bridgehead atoms. The number of unbranched alkanes of at least 4 members (excludes halogenated alkanes) is 7. The molecule has 0 saturated carbocycles. The van der Waals surface area contributed by atoms with Crippen LogP contribution >= 0.6 is 0 Å². The maximum absolute atomic E-state index is 5.37. The first-order chi connectivity index (χ1) is 9.90. The summed E-state index contributed by atoms with van der Waals surface area (Å²) in [6.45, 7) is 3.65. The average molecular weight is 277 g/mol. The van der Waals surface area contributed by atoms with Crippen LogP contribution in [0.5, 0.6) is 11.5 Å². The molecule has 2 rings (SSSR count). The quantitative estimate of drug-likeness (QED) is 0.613. The molecular formula is C17H27NO2. The SMILES string of the molecule is CCCCCCCCCCNc1ccc2c(c1)OCO2. The van der Waals surface area contributed by atoms with Gasteiger partial charge in [-0.25, -0.2) is 0 Å². The van der Waals surface area contributed by atoms with E-state index in [0.717, 1.165) is 23.7 Å². The molecule has 0 saturated heterocycles. The molecule has 112 valence electrons. The summed E-state index contributed by atoms with van der Waals surface area (Å²) in [7, 11) is 0. The Morgan fingerprint density at radius 2 is 1.60 bits per heavy atom.